The molecule has 0 fully saturated rings. The lowest BCUT2D eigenvalue weighted by molar-refractivity contribution is 0.415. The quantitative estimate of drug-likeness (QED) is 0.751. The molecule has 17 heavy (non-hydrogen) atoms. The molecule has 0 N–H and O–H groups in total. The van der Waals surface area contributed by atoms with Gasteiger partial charge in [-0.1, -0.05) is 43.8 Å². The van der Waals surface area contributed by atoms with Gasteiger partial charge in [-0.05, 0) is 24.3 Å². The van der Waals surface area contributed by atoms with Gasteiger partial charge >= 0.3 is 8.25 Å². The second kappa shape index (κ2) is 6.66. The van der Waals surface area contributed by atoms with Crippen LogP contribution in [0.1, 0.15) is 7.43 Å². The fourth-order valence-corrected chi connectivity index (χ4v) is 1.78. The molecule has 0 saturated carbocycles. The standard InChI is InChI=1S/C12H10O3P.CH4/c13-16(14-11-7-3-1-4-8-11)15-12-9-5-2-6-10-12;/h1-10H;1H4/q+1;. The van der Waals surface area contributed by atoms with Crippen LogP contribution in [0, 0.1) is 0 Å². The van der Waals surface area contributed by atoms with Crippen LogP contribution in [0.5, 0.6) is 11.5 Å². The Balaban J connectivity index is 0.00000144. The normalized spacial score (nSPS) is 8.94. The average Bonchev–Trinajstić information content (AvgIpc) is 2.31. The molecule has 0 aromatic heterocycles. The zero-order chi connectivity index (χ0) is 11.2. The third-order valence-electron chi connectivity index (χ3n) is 1.85. The number of hydrogen-bond acceptors (Lipinski definition) is 3. The molecule has 0 radical (unpaired) electrons. The molecule has 2 rings (SSSR count). The van der Waals surface area contributed by atoms with E-state index in [2.05, 4.69) is 0 Å². The van der Waals surface area contributed by atoms with Crippen molar-refractivity contribution < 1.29 is 13.6 Å². The van der Waals surface area contributed by atoms with Crippen LogP contribution in [0.15, 0.2) is 60.7 Å². The van der Waals surface area contributed by atoms with Crippen molar-refractivity contribution >= 4 is 8.25 Å². The highest BCUT2D eigenvalue weighted by Gasteiger charge is 2.23. The summed E-state index contributed by atoms with van der Waals surface area (Å²) in [6.45, 7) is 0. The zero-order valence-corrected chi connectivity index (χ0v) is 9.34. The highest BCUT2D eigenvalue weighted by molar-refractivity contribution is 7.34. The van der Waals surface area contributed by atoms with E-state index >= 15 is 0 Å². The maximum Gasteiger partial charge on any atom is 0.805 e. The Labute approximate surface area is 102 Å². The molecular weight excluding hydrogens is 235 g/mol. The molecule has 2 aromatic rings. The predicted octanol–water partition coefficient (Wildman–Crippen LogP) is 4.44. The van der Waals surface area contributed by atoms with Crippen LogP contribution in [0.25, 0.3) is 0 Å². The number of para-hydroxylation sites is 2. The molecule has 2 aromatic carbocycles. The fourth-order valence-electron chi connectivity index (χ4n) is 1.15. The van der Waals surface area contributed by atoms with Crippen LogP contribution >= 0.6 is 8.25 Å². The summed E-state index contributed by atoms with van der Waals surface area (Å²) in [7, 11) is -2.18. The van der Waals surface area contributed by atoms with E-state index in [4.69, 9.17) is 9.05 Å². The molecule has 0 saturated heterocycles. The third kappa shape index (κ3) is 4.25. The summed E-state index contributed by atoms with van der Waals surface area (Å²) in [4.78, 5) is 0. The van der Waals surface area contributed by atoms with Crippen LogP contribution < -0.4 is 9.05 Å². The Morgan fingerprint density at radius 2 is 1.06 bits per heavy atom. The Hall–Kier alpha value is -1.86. The van der Waals surface area contributed by atoms with Crippen LogP contribution in [-0.2, 0) is 4.57 Å². The molecule has 0 spiro atoms. The first-order valence-electron chi connectivity index (χ1n) is 4.78. The molecule has 0 bridgehead atoms. The maximum atomic E-state index is 11.5. The molecule has 3 nitrogen and oxygen atoms in total. The molecule has 0 atom stereocenters. The monoisotopic (exact) mass is 249 g/mol. The van der Waals surface area contributed by atoms with E-state index in [-0.39, 0.29) is 7.43 Å². The van der Waals surface area contributed by atoms with E-state index < -0.39 is 8.25 Å². The summed E-state index contributed by atoms with van der Waals surface area (Å²) < 4.78 is 21.7. The van der Waals surface area contributed by atoms with Gasteiger partial charge in [0.1, 0.15) is 0 Å². The summed E-state index contributed by atoms with van der Waals surface area (Å²) in [6.07, 6.45) is 0. The molecule has 0 aliphatic carbocycles. The molecule has 0 aliphatic rings. The Kier molecular flexibility index (Phi) is 5.18. The molecular formula is C13H14O3P+. The minimum atomic E-state index is -2.18. The highest BCUT2D eigenvalue weighted by Crippen LogP contribution is 2.29. The molecule has 88 valence electrons. The van der Waals surface area contributed by atoms with Gasteiger partial charge in [0.25, 0.3) is 0 Å². The van der Waals surface area contributed by atoms with Gasteiger partial charge < -0.3 is 0 Å². The SMILES string of the molecule is C.O=[P+](Oc1ccccc1)Oc1ccccc1. The van der Waals surface area contributed by atoms with Crippen molar-refractivity contribution in [3.05, 3.63) is 60.7 Å². The molecule has 0 heterocycles. The van der Waals surface area contributed by atoms with Gasteiger partial charge in [0.15, 0.2) is 11.5 Å². The first-order valence-corrected chi connectivity index (χ1v) is 5.87. The summed E-state index contributed by atoms with van der Waals surface area (Å²) in [6, 6.07) is 17.8. The van der Waals surface area contributed by atoms with Crippen LogP contribution in [-0.4, -0.2) is 0 Å². The maximum absolute atomic E-state index is 11.5. The van der Waals surface area contributed by atoms with Crippen molar-refractivity contribution in [2.24, 2.45) is 0 Å². The van der Waals surface area contributed by atoms with Crippen molar-refractivity contribution in [2.75, 3.05) is 0 Å². The van der Waals surface area contributed by atoms with Gasteiger partial charge in [-0.2, -0.15) is 0 Å². The fraction of sp³-hybridized carbons (Fsp3) is 0.0769. The van der Waals surface area contributed by atoms with E-state index in [1.807, 2.05) is 12.1 Å². The van der Waals surface area contributed by atoms with E-state index in [0.717, 1.165) is 0 Å². The average molecular weight is 249 g/mol. The lowest BCUT2D eigenvalue weighted by atomic mass is 10.3. The van der Waals surface area contributed by atoms with E-state index in [0.29, 0.717) is 11.5 Å². The summed E-state index contributed by atoms with van der Waals surface area (Å²) >= 11 is 0. The third-order valence-corrected chi connectivity index (χ3v) is 2.57. The first-order chi connectivity index (χ1) is 7.84. The second-order valence-electron chi connectivity index (χ2n) is 3.03. The van der Waals surface area contributed by atoms with Crippen molar-refractivity contribution in [3.8, 4) is 11.5 Å². The van der Waals surface area contributed by atoms with E-state index in [1.54, 1.807) is 48.5 Å². The Bertz CT molecular complexity index is 413. The predicted molar refractivity (Wildman–Crippen MR) is 68.5 cm³/mol. The van der Waals surface area contributed by atoms with Gasteiger partial charge in [-0.25, -0.2) is 9.05 Å². The summed E-state index contributed by atoms with van der Waals surface area (Å²) in [5.41, 5.74) is 0. The zero-order valence-electron chi connectivity index (χ0n) is 8.45. The largest absolute Gasteiger partial charge is 0.805 e. The molecule has 4 heteroatoms. The Morgan fingerprint density at radius 1 is 0.706 bits per heavy atom. The lowest BCUT2D eigenvalue weighted by Gasteiger charge is -1.92. The van der Waals surface area contributed by atoms with Gasteiger partial charge in [-0.3, -0.25) is 0 Å². The lowest BCUT2D eigenvalue weighted by Crippen LogP contribution is -1.87. The minimum absolute atomic E-state index is 0. The van der Waals surface area contributed by atoms with Crippen molar-refractivity contribution in [3.63, 3.8) is 0 Å². The van der Waals surface area contributed by atoms with Gasteiger partial charge in [0, 0.05) is 4.57 Å². The van der Waals surface area contributed by atoms with E-state index in [1.165, 1.54) is 0 Å². The van der Waals surface area contributed by atoms with Crippen LogP contribution in [0.2, 0.25) is 0 Å². The van der Waals surface area contributed by atoms with Crippen LogP contribution in [0.3, 0.4) is 0 Å². The minimum Gasteiger partial charge on any atom is -0.222 e. The molecule has 0 aliphatic heterocycles. The summed E-state index contributed by atoms with van der Waals surface area (Å²) in [5.74, 6) is 1.05. The highest BCUT2D eigenvalue weighted by atomic mass is 31.1. The topological polar surface area (TPSA) is 35.5 Å². The number of hydrogen-bond donors (Lipinski definition) is 0. The van der Waals surface area contributed by atoms with Crippen molar-refractivity contribution in [1.82, 2.24) is 0 Å². The Morgan fingerprint density at radius 3 is 1.41 bits per heavy atom. The van der Waals surface area contributed by atoms with E-state index in [9.17, 15) is 4.57 Å². The van der Waals surface area contributed by atoms with Gasteiger partial charge in [0.2, 0.25) is 0 Å². The second-order valence-corrected chi connectivity index (χ2v) is 3.84. The van der Waals surface area contributed by atoms with Gasteiger partial charge in [0.05, 0.1) is 0 Å². The molecule has 0 amide bonds. The van der Waals surface area contributed by atoms with Crippen LogP contribution in [0.4, 0.5) is 0 Å². The van der Waals surface area contributed by atoms with Gasteiger partial charge in [-0.15, -0.1) is 0 Å². The van der Waals surface area contributed by atoms with Crippen molar-refractivity contribution in [2.45, 2.75) is 7.43 Å². The first kappa shape index (κ1) is 13.2. The number of benzene rings is 2. The summed E-state index contributed by atoms with van der Waals surface area (Å²) in [5, 5.41) is 0. The molecule has 0 unspecified atom stereocenters. The van der Waals surface area contributed by atoms with Crippen molar-refractivity contribution in [1.29, 1.82) is 0 Å². The smallest absolute Gasteiger partial charge is 0.222 e. The number of rotatable bonds is 4.